The van der Waals surface area contributed by atoms with Gasteiger partial charge in [-0.25, -0.2) is 4.79 Å². The summed E-state index contributed by atoms with van der Waals surface area (Å²) in [7, 11) is 0. The molecule has 4 heteroatoms. The molecule has 0 aliphatic carbocycles. The second-order valence-corrected chi connectivity index (χ2v) is 8.11. The highest BCUT2D eigenvalue weighted by atomic mass is 16.4. The molecule has 0 bridgehead atoms. The lowest BCUT2D eigenvalue weighted by Crippen LogP contribution is -3.10. The Balaban J connectivity index is 1.34. The molecule has 2 heterocycles. The van der Waals surface area contributed by atoms with E-state index in [1.807, 2.05) is 24.3 Å². The van der Waals surface area contributed by atoms with Crippen LogP contribution in [0.5, 0.6) is 0 Å². The smallest absolute Gasteiger partial charge is 0.336 e. The first kappa shape index (κ1) is 18.1. The third-order valence-corrected chi connectivity index (χ3v) is 6.10. The Morgan fingerprint density at radius 2 is 1.83 bits per heavy atom. The molecule has 3 aromatic carbocycles. The van der Waals surface area contributed by atoms with Crippen LogP contribution in [-0.4, -0.2) is 19.1 Å². The second-order valence-electron chi connectivity index (χ2n) is 8.11. The van der Waals surface area contributed by atoms with Gasteiger partial charge >= 0.3 is 5.63 Å². The van der Waals surface area contributed by atoms with Gasteiger partial charge in [-0.1, -0.05) is 60.7 Å². The number of benzene rings is 3. The van der Waals surface area contributed by atoms with Crippen molar-refractivity contribution >= 4 is 21.7 Å². The Morgan fingerprint density at radius 3 is 2.72 bits per heavy atom. The highest BCUT2D eigenvalue weighted by molar-refractivity contribution is 6.06. The van der Waals surface area contributed by atoms with Gasteiger partial charge in [-0.3, -0.25) is 0 Å². The van der Waals surface area contributed by atoms with Crippen molar-refractivity contribution in [3.05, 3.63) is 94.3 Å². The molecule has 1 unspecified atom stereocenters. The van der Waals surface area contributed by atoms with Crippen molar-refractivity contribution in [2.75, 3.05) is 13.1 Å². The lowest BCUT2D eigenvalue weighted by molar-refractivity contribution is -0.911. The molecule has 5 rings (SSSR count). The number of quaternary nitrogens is 2. The number of hydrogen-bond acceptors (Lipinski definition) is 2. The van der Waals surface area contributed by atoms with E-state index in [1.54, 1.807) is 11.0 Å². The first-order valence-corrected chi connectivity index (χ1v) is 10.4. The van der Waals surface area contributed by atoms with E-state index in [9.17, 15) is 4.79 Å². The monoisotopic (exact) mass is 386 g/mol. The van der Waals surface area contributed by atoms with Crippen LogP contribution in [0.2, 0.25) is 0 Å². The Labute approximate surface area is 169 Å². The third kappa shape index (κ3) is 3.82. The SMILES string of the molecule is O=c1cc(C[NH2+][C@H]2CC[NH+](Cc3ccccc3)C2)c2c(ccc3ccccc32)o1. The summed E-state index contributed by atoms with van der Waals surface area (Å²) >= 11 is 0. The zero-order valence-electron chi connectivity index (χ0n) is 16.4. The molecule has 1 aliphatic rings. The molecular weight excluding hydrogens is 360 g/mol. The molecule has 4 nitrogen and oxygen atoms in total. The van der Waals surface area contributed by atoms with Crippen LogP contribution < -0.4 is 15.8 Å². The largest absolute Gasteiger partial charge is 0.423 e. The molecule has 1 aliphatic heterocycles. The van der Waals surface area contributed by atoms with Crippen molar-refractivity contribution in [2.45, 2.75) is 25.6 Å². The summed E-state index contributed by atoms with van der Waals surface area (Å²) < 4.78 is 5.49. The molecule has 3 N–H and O–H groups in total. The predicted molar refractivity (Wildman–Crippen MR) is 115 cm³/mol. The van der Waals surface area contributed by atoms with Crippen LogP contribution in [0.25, 0.3) is 21.7 Å². The minimum absolute atomic E-state index is 0.265. The fourth-order valence-electron chi connectivity index (χ4n) is 4.69. The van der Waals surface area contributed by atoms with Crippen LogP contribution in [0.15, 0.2) is 82.0 Å². The molecule has 2 atom stereocenters. The average molecular weight is 386 g/mol. The summed E-state index contributed by atoms with van der Waals surface area (Å²) in [5, 5.41) is 5.81. The maximum atomic E-state index is 12.1. The highest BCUT2D eigenvalue weighted by Crippen LogP contribution is 2.26. The molecular formula is C25H26N2O2+2. The summed E-state index contributed by atoms with van der Waals surface area (Å²) in [5.41, 5.74) is 2.90. The van der Waals surface area contributed by atoms with Crippen molar-refractivity contribution in [1.82, 2.24) is 0 Å². The topological polar surface area (TPSA) is 51.3 Å². The number of nitrogens with one attached hydrogen (secondary N) is 1. The van der Waals surface area contributed by atoms with E-state index in [0.29, 0.717) is 11.6 Å². The minimum atomic E-state index is -0.265. The third-order valence-electron chi connectivity index (χ3n) is 6.10. The molecule has 0 amide bonds. The summed E-state index contributed by atoms with van der Waals surface area (Å²) in [6, 6.07) is 25.2. The van der Waals surface area contributed by atoms with Crippen LogP contribution in [0.1, 0.15) is 17.5 Å². The molecule has 1 saturated heterocycles. The van der Waals surface area contributed by atoms with Crippen LogP contribution in [0.4, 0.5) is 0 Å². The van der Waals surface area contributed by atoms with E-state index < -0.39 is 0 Å². The fourth-order valence-corrected chi connectivity index (χ4v) is 4.69. The summed E-state index contributed by atoms with van der Waals surface area (Å²) in [4.78, 5) is 13.7. The number of likely N-dealkylation sites (tertiary alicyclic amines) is 1. The Hall–Kier alpha value is -2.95. The zero-order chi connectivity index (χ0) is 19.6. The van der Waals surface area contributed by atoms with E-state index in [-0.39, 0.29) is 5.63 Å². The Kier molecular flexibility index (Phi) is 4.88. The number of fused-ring (bicyclic) bond motifs is 3. The molecule has 0 saturated carbocycles. The lowest BCUT2D eigenvalue weighted by atomic mass is 10.0. The maximum absolute atomic E-state index is 12.1. The second kappa shape index (κ2) is 7.82. The number of rotatable bonds is 5. The van der Waals surface area contributed by atoms with Crippen molar-refractivity contribution in [1.29, 1.82) is 0 Å². The first-order valence-electron chi connectivity index (χ1n) is 10.4. The van der Waals surface area contributed by atoms with Gasteiger partial charge in [0, 0.05) is 22.6 Å². The van der Waals surface area contributed by atoms with Gasteiger partial charge in [0.15, 0.2) is 0 Å². The fraction of sp³-hybridized carbons (Fsp3) is 0.240. The number of hydrogen-bond donors (Lipinski definition) is 2. The lowest BCUT2D eigenvalue weighted by Gasteiger charge is -2.13. The summed E-state index contributed by atoms with van der Waals surface area (Å²) in [6.07, 6.45) is 1.21. The van der Waals surface area contributed by atoms with Crippen molar-refractivity contribution in [3.63, 3.8) is 0 Å². The molecule has 1 aromatic heterocycles. The summed E-state index contributed by atoms with van der Waals surface area (Å²) in [6.45, 7) is 4.26. The van der Waals surface area contributed by atoms with E-state index in [4.69, 9.17) is 4.42 Å². The van der Waals surface area contributed by atoms with Crippen LogP contribution in [0.3, 0.4) is 0 Å². The van der Waals surface area contributed by atoms with Gasteiger partial charge in [0.25, 0.3) is 0 Å². The molecule has 146 valence electrons. The van der Waals surface area contributed by atoms with Crippen LogP contribution in [0, 0.1) is 0 Å². The Bertz CT molecular complexity index is 1200. The van der Waals surface area contributed by atoms with Gasteiger partial charge < -0.3 is 14.6 Å². The van der Waals surface area contributed by atoms with Gasteiger partial charge in [-0.2, -0.15) is 0 Å². The average Bonchev–Trinajstić information content (AvgIpc) is 3.19. The maximum Gasteiger partial charge on any atom is 0.336 e. The molecule has 4 aromatic rings. The van der Waals surface area contributed by atoms with Crippen molar-refractivity contribution < 1.29 is 14.6 Å². The highest BCUT2D eigenvalue weighted by Gasteiger charge is 2.29. The standard InChI is InChI=1S/C25H24N2O2/c28-24-14-20(25-22-9-5-4-8-19(22)10-11-23(25)29-24)15-26-21-12-13-27(17-21)16-18-6-2-1-3-7-18/h1-11,14,21,26H,12-13,15-17H2/p+2/t21-/m0/s1. The van der Waals surface area contributed by atoms with Gasteiger partial charge in [0.05, 0.1) is 13.0 Å². The van der Waals surface area contributed by atoms with E-state index in [2.05, 4.69) is 47.8 Å². The number of nitrogens with two attached hydrogens (primary N) is 1. The molecule has 29 heavy (non-hydrogen) atoms. The van der Waals surface area contributed by atoms with E-state index in [1.165, 1.54) is 23.9 Å². The van der Waals surface area contributed by atoms with Crippen molar-refractivity contribution in [2.24, 2.45) is 0 Å². The van der Waals surface area contributed by atoms with Crippen molar-refractivity contribution in [3.8, 4) is 0 Å². The van der Waals surface area contributed by atoms with Crippen LogP contribution in [-0.2, 0) is 13.1 Å². The van der Waals surface area contributed by atoms with E-state index >= 15 is 0 Å². The van der Waals surface area contributed by atoms with Gasteiger partial charge in [0.1, 0.15) is 31.3 Å². The van der Waals surface area contributed by atoms with Crippen LogP contribution >= 0.6 is 0 Å². The van der Waals surface area contributed by atoms with E-state index in [0.717, 1.165) is 36.0 Å². The molecule has 0 spiro atoms. The molecule has 1 fully saturated rings. The zero-order valence-corrected chi connectivity index (χ0v) is 16.4. The normalized spacial score (nSPS) is 19.2. The molecule has 0 radical (unpaired) electrons. The van der Waals surface area contributed by atoms with Gasteiger partial charge in [-0.15, -0.1) is 0 Å². The van der Waals surface area contributed by atoms with Gasteiger partial charge in [-0.05, 0) is 16.8 Å². The Morgan fingerprint density at radius 1 is 1.00 bits per heavy atom. The first-order chi connectivity index (χ1) is 14.3. The summed E-state index contributed by atoms with van der Waals surface area (Å²) in [5.74, 6) is 0. The predicted octanol–water partition coefficient (Wildman–Crippen LogP) is 1.87. The minimum Gasteiger partial charge on any atom is -0.423 e. The van der Waals surface area contributed by atoms with Gasteiger partial charge in [0.2, 0.25) is 0 Å². The quantitative estimate of drug-likeness (QED) is 0.406.